The number of para-hydroxylation sites is 1. The lowest BCUT2D eigenvalue weighted by Gasteiger charge is -2.35. The molecule has 5 rings (SSSR count). The molecule has 0 bridgehead atoms. The number of hydrogen-bond acceptors (Lipinski definition) is 5. The summed E-state index contributed by atoms with van der Waals surface area (Å²) in [5.74, 6) is 0.899. The molecule has 1 saturated heterocycles. The van der Waals surface area contributed by atoms with Gasteiger partial charge in [0.15, 0.2) is 0 Å². The van der Waals surface area contributed by atoms with Crippen LogP contribution in [0, 0.1) is 5.92 Å². The highest BCUT2D eigenvalue weighted by atomic mass is 16.5. The predicted octanol–water partition coefficient (Wildman–Crippen LogP) is 5.13. The van der Waals surface area contributed by atoms with E-state index in [-0.39, 0.29) is 18.4 Å². The Labute approximate surface area is 242 Å². The van der Waals surface area contributed by atoms with Crippen LogP contribution in [0.3, 0.4) is 0 Å². The number of rotatable bonds is 10. The summed E-state index contributed by atoms with van der Waals surface area (Å²) >= 11 is 0. The third kappa shape index (κ3) is 6.87. The zero-order valence-electron chi connectivity index (χ0n) is 23.8. The molecule has 2 aliphatic rings. The van der Waals surface area contributed by atoms with Crippen LogP contribution in [0.4, 0.5) is 5.69 Å². The Balaban J connectivity index is 1.40. The fourth-order valence-corrected chi connectivity index (χ4v) is 5.73. The molecule has 2 amide bonds. The van der Waals surface area contributed by atoms with Gasteiger partial charge < -0.3 is 25.0 Å². The Kier molecular flexibility index (Phi) is 9.17. The molecule has 0 radical (unpaired) electrons. The second kappa shape index (κ2) is 13.1. The number of nitrogens with one attached hydrogen (secondary N) is 1. The summed E-state index contributed by atoms with van der Waals surface area (Å²) in [5.41, 5.74) is 3.34. The molecule has 0 spiro atoms. The fraction of sp³-hybridized carbons (Fsp3) is 0.353. The van der Waals surface area contributed by atoms with Crippen LogP contribution in [0.1, 0.15) is 42.9 Å². The Hall–Kier alpha value is -3.94. The van der Waals surface area contributed by atoms with Crippen LogP contribution >= 0.6 is 0 Å². The number of ether oxygens (including phenoxy) is 1. The number of carbonyl (C=O) groups excluding carboxylic acids is 2. The van der Waals surface area contributed by atoms with Crippen LogP contribution in [0.2, 0.25) is 0 Å². The van der Waals surface area contributed by atoms with Crippen molar-refractivity contribution in [3.63, 3.8) is 0 Å². The van der Waals surface area contributed by atoms with Crippen LogP contribution in [0.15, 0.2) is 72.8 Å². The number of hydrogen-bond donors (Lipinski definition) is 2. The summed E-state index contributed by atoms with van der Waals surface area (Å²) in [4.78, 5) is 29.8. The molecule has 3 atom stereocenters. The largest absolute Gasteiger partial charge is 0.456 e. The van der Waals surface area contributed by atoms with E-state index in [0.29, 0.717) is 17.9 Å². The lowest BCUT2D eigenvalue weighted by atomic mass is 9.91. The lowest BCUT2D eigenvalue weighted by Crippen LogP contribution is -2.48. The van der Waals surface area contributed by atoms with Crippen molar-refractivity contribution in [3.05, 3.63) is 89.5 Å². The van der Waals surface area contributed by atoms with Crippen LogP contribution in [-0.4, -0.2) is 60.6 Å². The van der Waals surface area contributed by atoms with E-state index in [0.717, 1.165) is 54.8 Å². The smallest absolute Gasteiger partial charge is 0.223 e. The van der Waals surface area contributed by atoms with Gasteiger partial charge in [-0.1, -0.05) is 67.6 Å². The highest BCUT2D eigenvalue weighted by Gasteiger charge is 2.32. The number of amides is 2. The van der Waals surface area contributed by atoms with Gasteiger partial charge in [0, 0.05) is 23.1 Å². The molecule has 41 heavy (non-hydrogen) atoms. The quantitative estimate of drug-likeness (QED) is 0.266. The monoisotopic (exact) mass is 553 g/mol. The molecular weight excluding hydrogens is 514 g/mol. The van der Waals surface area contributed by atoms with Gasteiger partial charge in [-0.3, -0.25) is 9.59 Å². The lowest BCUT2D eigenvalue weighted by molar-refractivity contribution is -0.126. The van der Waals surface area contributed by atoms with Crippen LogP contribution in [0.5, 0.6) is 11.5 Å². The van der Waals surface area contributed by atoms with Crippen LogP contribution < -0.4 is 15.0 Å². The third-order valence-electron chi connectivity index (χ3n) is 8.20. The van der Waals surface area contributed by atoms with E-state index in [4.69, 9.17) is 4.74 Å². The average molecular weight is 554 g/mol. The summed E-state index contributed by atoms with van der Waals surface area (Å²) < 4.78 is 6.25. The van der Waals surface area contributed by atoms with Gasteiger partial charge in [0.2, 0.25) is 12.3 Å². The topological polar surface area (TPSA) is 82.1 Å². The van der Waals surface area contributed by atoms with Gasteiger partial charge in [-0.2, -0.15) is 0 Å². The normalized spacial score (nSPS) is 17.2. The predicted molar refractivity (Wildman–Crippen MR) is 163 cm³/mol. The van der Waals surface area contributed by atoms with Gasteiger partial charge in [0.25, 0.3) is 0 Å². The van der Waals surface area contributed by atoms with Gasteiger partial charge in [-0.15, -0.1) is 0 Å². The van der Waals surface area contributed by atoms with Crippen molar-refractivity contribution in [3.8, 4) is 11.5 Å². The number of benzene rings is 3. The van der Waals surface area contributed by atoms with Gasteiger partial charge in [0.1, 0.15) is 11.5 Å². The SMILES string of the molecule is C[C@H](C[C@H](O)[C@H](Cc1ccccc1)N(C=O)c1cccc2c1C=Cc1ccccc1O2)C(=O)NC1CCN(C)CC1. The molecule has 2 aliphatic heterocycles. The molecule has 214 valence electrons. The van der Waals surface area contributed by atoms with Crippen LogP contribution in [-0.2, 0) is 16.0 Å². The Bertz CT molecular complexity index is 1370. The summed E-state index contributed by atoms with van der Waals surface area (Å²) in [6, 6.07) is 22.8. The van der Waals surface area contributed by atoms with E-state index in [9.17, 15) is 14.7 Å². The number of anilines is 1. The number of piperidine rings is 1. The minimum Gasteiger partial charge on any atom is -0.456 e. The number of carbonyl (C=O) groups is 2. The maximum Gasteiger partial charge on any atom is 0.223 e. The minimum absolute atomic E-state index is 0.0580. The van der Waals surface area contributed by atoms with Crippen LogP contribution in [0.25, 0.3) is 12.2 Å². The highest BCUT2D eigenvalue weighted by molar-refractivity contribution is 5.89. The maximum atomic E-state index is 13.1. The number of fused-ring (bicyclic) bond motifs is 2. The van der Waals surface area contributed by atoms with Crippen molar-refractivity contribution in [2.24, 2.45) is 5.92 Å². The third-order valence-corrected chi connectivity index (χ3v) is 8.20. The van der Waals surface area contributed by atoms with Crippen molar-refractivity contribution in [2.45, 2.75) is 50.8 Å². The second-order valence-corrected chi connectivity index (χ2v) is 11.2. The molecule has 3 aromatic carbocycles. The zero-order chi connectivity index (χ0) is 28.8. The Morgan fingerprint density at radius 1 is 1.02 bits per heavy atom. The molecule has 7 heteroatoms. The first-order valence-corrected chi connectivity index (χ1v) is 14.5. The highest BCUT2D eigenvalue weighted by Crippen LogP contribution is 2.39. The second-order valence-electron chi connectivity index (χ2n) is 11.2. The molecule has 0 aromatic heterocycles. The Morgan fingerprint density at radius 2 is 1.73 bits per heavy atom. The van der Waals surface area contributed by atoms with Gasteiger partial charge >= 0.3 is 0 Å². The molecule has 7 nitrogen and oxygen atoms in total. The molecule has 2 heterocycles. The van der Waals surface area contributed by atoms with Crippen molar-refractivity contribution in [1.29, 1.82) is 0 Å². The number of likely N-dealkylation sites (tertiary alicyclic amines) is 1. The summed E-state index contributed by atoms with van der Waals surface area (Å²) in [5, 5.41) is 14.8. The molecule has 0 saturated carbocycles. The van der Waals surface area contributed by atoms with E-state index < -0.39 is 18.1 Å². The summed E-state index contributed by atoms with van der Waals surface area (Å²) in [6.07, 6.45) is 6.27. The summed E-state index contributed by atoms with van der Waals surface area (Å²) in [7, 11) is 2.09. The van der Waals surface area contributed by atoms with Crippen molar-refractivity contribution in [1.82, 2.24) is 10.2 Å². The zero-order valence-corrected chi connectivity index (χ0v) is 23.8. The van der Waals surface area contributed by atoms with E-state index >= 15 is 0 Å². The van der Waals surface area contributed by atoms with Gasteiger partial charge in [-0.25, -0.2) is 0 Å². The van der Waals surface area contributed by atoms with Gasteiger partial charge in [-0.05, 0) is 75.7 Å². The molecule has 0 unspecified atom stereocenters. The maximum absolute atomic E-state index is 13.1. The van der Waals surface area contributed by atoms with Crippen molar-refractivity contribution in [2.75, 3.05) is 25.0 Å². The molecule has 1 fully saturated rings. The van der Waals surface area contributed by atoms with E-state index in [1.807, 2.05) is 91.9 Å². The number of nitrogens with zero attached hydrogens (tertiary/aromatic N) is 2. The van der Waals surface area contributed by atoms with Gasteiger partial charge in [0.05, 0.1) is 17.8 Å². The van der Waals surface area contributed by atoms with E-state index in [1.165, 1.54) is 0 Å². The molecule has 2 N–H and O–H groups in total. The minimum atomic E-state index is -0.942. The van der Waals surface area contributed by atoms with Crippen molar-refractivity contribution < 1.29 is 19.4 Å². The first-order valence-electron chi connectivity index (χ1n) is 14.5. The molecular formula is C34H39N3O4. The van der Waals surface area contributed by atoms with Crippen molar-refractivity contribution >= 4 is 30.2 Å². The fourth-order valence-electron chi connectivity index (χ4n) is 5.73. The number of aliphatic hydroxyl groups is 1. The Morgan fingerprint density at radius 3 is 2.49 bits per heavy atom. The first-order chi connectivity index (χ1) is 19.9. The standard InChI is InChI=1S/C34H39N3O4/c1-24(34(40)35-27-17-19-36(2)20-18-27)21-31(39)30(22-25-9-4-3-5-10-25)37(23-38)29-12-8-14-33-28(29)16-15-26-11-6-7-13-32(26)41-33/h3-16,23-24,27,30-31,39H,17-22H2,1-2H3,(H,35,40)/t24-,30+,31+/m1/s1. The number of aliphatic hydroxyl groups excluding tert-OH is 1. The molecule has 0 aliphatic carbocycles. The first kappa shape index (κ1) is 28.6. The molecule has 3 aromatic rings. The van der Waals surface area contributed by atoms with E-state index in [2.05, 4.69) is 17.3 Å². The average Bonchev–Trinajstić information content (AvgIpc) is 3.18. The van der Waals surface area contributed by atoms with E-state index in [1.54, 1.807) is 4.90 Å². The summed E-state index contributed by atoms with van der Waals surface area (Å²) in [6.45, 7) is 3.76.